The first-order valence-corrected chi connectivity index (χ1v) is 6.76. The van der Waals surface area contributed by atoms with Crippen molar-refractivity contribution in [3.8, 4) is 11.5 Å². The number of hydrogen-bond acceptors (Lipinski definition) is 2. The first kappa shape index (κ1) is 14.4. The fourth-order valence-electron chi connectivity index (χ4n) is 1.92. The van der Waals surface area contributed by atoms with E-state index in [4.69, 9.17) is 10.5 Å². The Bertz CT molecular complexity index is 590. The Kier molecular flexibility index (Phi) is 3.98. The van der Waals surface area contributed by atoms with Crippen molar-refractivity contribution < 1.29 is 9.13 Å². The molecule has 0 aliphatic heterocycles. The van der Waals surface area contributed by atoms with Crippen molar-refractivity contribution in [3.05, 3.63) is 53.8 Å². The maximum absolute atomic E-state index is 13.0. The monoisotopic (exact) mass is 273 g/mol. The molecule has 106 valence electrons. The molecule has 0 heterocycles. The maximum Gasteiger partial charge on any atom is 0.150 e. The topological polar surface area (TPSA) is 35.2 Å². The van der Waals surface area contributed by atoms with Crippen molar-refractivity contribution in [2.75, 3.05) is 5.73 Å². The zero-order valence-electron chi connectivity index (χ0n) is 12.1. The average molecular weight is 273 g/mol. The van der Waals surface area contributed by atoms with Crippen molar-refractivity contribution in [1.82, 2.24) is 0 Å². The normalized spacial score (nSPS) is 11.4. The molecular weight excluding hydrogens is 253 g/mol. The fraction of sp³-hybridized carbons (Fsp3) is 0.294. The smallest absolute Gasteiger partial charge is 0.150 e. The molecule has 0 saturated heterocycles. The number of anilines is 1. The molecule has 0 fully saturated rings. The van der Waals surface area contributed by atoms with E-state index in [1.165, 1.54) is 23.8 Å². The predicted molar refractivity (Wildman–Crippen MR) is 80.6 cm³/mol. The second kappa shape index (κ2) is 5.53. The van der Waals surface area contributed by atoms with Crippen molar-refractivity contribution in [2.45, 2.75) is 32.6 Å². The average Bonchev–Trinajstić information content (AvgIpc) is 2.42. The van der Waals surface area contributed by atoms with Crippen molar-refractivity contribution >= 4 is 5.69 Å². The summed E-state index contributed by atoms with van der Waals surface area (Å²) < 4.78 is 18.6. The van der Waals surface area contributed by atoms with Gasteiger partial charge in [0.15, 0.2) is 5.75 Å². The zero-order chi connectivity index (χ0) is 14.8. The number of benzene rings is 2. The second-order valence-electron chi connectivity index (χ2n) is 5.55. The Hall–Kier alpha value is -2.03. The summed E-state index contributed by atoms with van der Waals surface area (Å²) in [5.41, 5.74) is 7.43. The lowest BCUT2D eigenvalue weighted by molar-refractivity contribution is 0.478. The SMILES string of the molecule is CCC(C)(C)c1ccc(Oc2ccc(F)cc2N)cc1. The largest absolute Gasteiger partial charge is 0.455 e. The first-order chi connectivity index (χ1) is 9.42. The lowest BCUT2D eigenvalue weighted by atomic mass is 9.82. The summed E-state index contributed by atoms with van der Waals surface area (Å²) in [7, 11) is 0. The molecule has 3 heteroatoms. The fourth-order valence-corrected chi connectivity index (χ4v) is 1.92. The minimum atomic E-state index is -0.366. The van der Waals surface area contributed by atoms with E-state index in [1.54, 1.807) is 0 Å². The molecule has 0 unspecified atom stereocenters. The quantitative estimate of drug-likeness (QED) is 0.805. The van der Waals surface area contributed by atoms with E-state index >= 15 is 0 Å². The van der Waals surface area contributed by atoms with E-state index in [-0.39, 0.29) is 11.2 Å². The number of rotatable bonds is 4. The summed E-state index contributed by atoms with van der Waals surface area (Å²) in [6, 6.07) is 12.1. The van der Waals surface area contributed by atoms with Gasteiger partial charge in [-0.1, -0.05) is 32.9 Å². The number of nitrogen functional groups attached to an aromatic ring is 1. The molecular formula is C17H20FNO. The third-order valence-corrected chi connectivity index (χ3v) is 3.72. The molecule has 0 aromatic heterocycles. The summed E-state index contributed by atoms with van der Waals surface area (Å²) in [5.74, 6) is 0.794. The number of hydrogen-bond donors (Lipinski definition) is 1. The zero-order valence-corrected chi connectivity index (χ0v) is 12.1. The molecule has 0 spiro atoms. The van der Waals surface area contributed by atoms with Gasteiger partial charge in [-0.05, 0) is 41.7 Å². The van der Waals surface area contributed by atoms with Gasteiger partial charge in [-0.2, -0.15) is 0 Å². The van der Waals surface area contributed by atoms with E-state index in [2.05, 4.69) is 32.9 Å². The lowest BCUT2D eigenvalue weighted by Crippen LogP contribution is -2.14. The Morgan fingerprint density at radius 3 is 2.30 bits per heavy atom. The van der Waals surface area contributed by atoms with Crippen LogP contribution in [-0.2, 0) is 5.41 Å². The number of ether oxygens (including phenoxy) is 1. The van der Waals surface area contributed by atoms with E-state index < -0.39 is 0 Å². The highest BCUT2D eigenvalue weighted by atomic mass is 19.1. The molecule has 0 amide bonds. The van der Waals surface area contributed by atoms with Crippen LogP contribution in [0.5, 0.6) is 11.5 Å². The molecule has 0 aliphatic carbocycles. The van der Waals surface area contributed by atoms with Crippen LogP contribution in [0.2, 0.25) is 0 Å². The summed E-state index contributed by atoms with van der Waals surface area (Å²) in [6.07, 6.45) is 1.07. The van der Waals surface area contributed by atoms with Crippen LogP contribution >= 0.6 is 0 Å². The van der Waals surface area contributed by atoms with Crippen molar-refractivity contribution in [2.24, 2.45) is 0 Å². The van der Waals surface area contributed by atoms with Gasteiger partial charge in [0.2, 0.25) is 0 Å². The van der Waals surface area contributed by atoms with Gasteiger partial charge in [0.05, 0.1) is 5.69 Å². The summed E-state index contributed by atoms with van der Waals surface area (Å²) in [4.78, 5) is 0. The standard InChI is InChI=1S/C17H20FNO/c1-4-17(2,3)12-5-8-14(9-6-12)20-16-10-7-13(18)11-15(16)19/h5-11H,4,19H2,1-3H3. The van der Waals surface area contributed by atoms with Crippen molar-refractivity contribution in [3.63, 3.8) is 0 Å². The minimum Gasteiger partial charge on any atom is -0.455 e. The van der Waals surface area contributed by atoms with E-state index in [0.29, 0.717) is 17.2 Å². The van der Waals surface area contributed by atoms with Gasteiger partial charge in [-0.3, -0.25) is 0 Å². The molecule has 0 saturated carbocycles. The maximum atomic E-state index is 13.0. The van der Waals surface area contributed by atoms with E-state index in [1.807, 2.05) is 12.1 Å². The minimum absolute atomic E-state index is 0.146. The van der Waals surface area contributed by atoms with E-state index in [9.17, 15) is 4.39 Å². The van der Waals surface area contributed by atoms with Crippen LogP contribution < -0.4 is 10.5 Å². The van der Waals surface area contributed by atoms with Crippen LogP contribution in [0.15, 0.2) is 42.5 Å². The van der Waals surface area contributed by atoms with E-state index in [0.717, 1.165) is 6.42 Å². The highest BCUT2D eigenvalue weighted by Crippen LogP contribution is 2.31. The van der Waals surface area contributed by atoms with Crippen LogP contribution in [0.4, 0.5) is 10.1 Å². The molecule has 0 aliphatic rings. The molecule has 2 aromatic carbocycles. The molecule has 2 nitrogen and oxygen atoms in total. The number of nitrogens with two attached hydrogens (primary N) is 1. The van der Waals surface area contributed by atoms with Crippen LogP contribution in [0.3, 0.4) is 0 Å². The van der Waals surface area contributed by atoms with Gasteiger partial charge in [0, 0.05) is 6.07 Å². The van der Waals surface area contributed by atoms with Crippen LogP contribution in [0.25, 0.3) is 0 Å². The number of halogens is 1. The van der Waals surface area contributed by atoms with Crippen LogP contribution in [0, 0.1) is 5.82 Å². The Labute approximate surface area is 119 Å². The molecule has 0 bridgehead atoms. The van der Waals surface area contributed by atoms with Gasteiger partial charge in [-0.15, -0.1) is 0 Å². The summed E-state index contributed by atoms with van der Waals surface area (Å²) >= 11 is 0. The summed E-state index contributed by atoms with van der Waals surface area (Å²) in [6.45, 7) is 6.59. The third-order valence-electron chi connectivity index (χ3n) is 3.72. The molecule has 0 radical (unpaired) electrons. The van der Waals surface area contributed by atoms with Gasteiger partial charge in [0.1, 0.15) is 11.6 Å². The molecule has 0 atom stereocenters. The molecule has 2 aromatic rings. The first-order valence-electron chi connectivity index (χ1n) is 6.76. The Morgan fingerprint density at radius 2 is 1.75 bits per heavy atom. The van der Waals surface area contributed by atoms with Crippen LogP contribution in [0.1, 0.15) is 32.8 Å². The van der Waals surface area contributed by atoms with Crippen LogP contribution in [-0.4, -0.2) is 0 Å². The second-order valence-corrected chi connectivity index (χ2v) is 5.55. The summed E-state index contributed by atoms with van der Waals surface area (Å²) in [5, 5.41) is 0. The molecule has 20 heavy (non-hydrogen) atoms. The van der Waals surface area contributed by atoms with Gasteiger partial charge < -0.3 is 10.5 Å². The van der Waals surface area contributed by atoms with Crippen molar-refractivity contribution in [1.29, 1.82) is 0 Å². The molecule has 2 N–H and O–H groups in total. The molecule has 2 rings (SSSR count). The Morgan fingerprint density at radius 1 is 1.10 bits per heavy atom. The predicted octanol–water partition coefficient (Wildman–Crippen LogP) is 4.89. The van der Waals surface area contributed by atoms with Gasteiger partial charge in [0.25, 0.3) is 0 Å². The Balaban J connectivity index is 2.19. The highest BCUT2D eigenvalue weighted by Gasteiger charge is 2.17. The van der Waals surface area contributed by atoms with Gasteiger partial charge >= 0.3 is 0 Å². The van der Waals surface area contributed by atoms with Gasteiger partial charge in [-0.25, -0.2) is 4.39 Å². The lowest BCUT2D eigenvalue weighted by Gasteiger charge is -2.23. The highest BCUT2D eigenvalue weighted by molar-refractivity contribution is 5.54. The third kappa shape index (κ3) is 3.10.